The van der Waals surface area contributed by atoms with Crippen LogP contribution in [0.15, 0.2) is 72.9 Å². The average Bonchev–Trinajstić information content (AvgIpc) is 3.12. The van der Waals surface area contributed by atoms with E-state index in [1.54, 1.807) is 0 Å². The van der Waals surface area contributed by atoms with Gasteiger partial charge in [-0.2, -0.15) is 0 Å². The van der Waals surface area contributed by atoms with Crippen LogP contribution < -0.4 is 0 Å². The lowest BCUT2D eigenvalue weighted by atomic mass is 10.1. The van der Waals surface area contributed by atoms with E-state index in [-0.39, 0.29) is 31.6 Å². The van der Waals surface area contributed by atoms with E-state index in [0.29, 0.717) is 19.3 Å². The summed E-state index contributed by atoms with van der Waals surface area (Å²) in [4.78, 5) is 37.3. The van der Waals surface area contributed by atoms with Crippen molar-refractivity contribution in [1.82, 2.24) is 0 Å². The molecule has 0 atom stereocenters. The van der Waals surface area contributed by atoms with Crippen molar-refractivity contribution in [1.29, 1.82) is 0 Å². The van der Waals surface area contributed by atoms with E-state index in [9.17, 15) is 14.4 Å². The van der Waals surface area contributed by atoms with Crippen LogP contribution in [0, 0.1) is 0 Å². The van der Waals surface area contributed by atoms with Gasteiger partial charge in [0.25, 0.3) is 0 Å². The van der Waals surface area contributed by atoms with Crippen LogP contribution in [0.3, 0.4) is 0 Å². The van der Waals surface area contributed by atoms with Crippen LogP contribution in [0.5, 0.6) is 0 Å². The summed E-state index contributed by atoms with van der Waals surface area (Å²) in [5, 5.41) is 0. The summed E-state index contributed by atoms with van der Waals surface area (Å²) in [6.45, 7) is 6.37. The first-order valence-electron chi connectivity index (χ1n) is 20.5. The molecule has 0 spiro atoms. The number of carbonyl (C=O) groups excluding carboxylic acids is 3. The van der Waals surface area contributed by atoms with E-state index in [1.165, 1.54) is 57.8 Å². The molecule has 6 nitrogen and oxygen atoms in total. The number of unbranched alkanes of at least 4 members (excludes halogenated alkanes) is 13. The molecule has 0 aliphatic heterocycles. The fraction of sp³-hybridized carbons (Fsp3) is 0.667. The Labute approximate surface area is 312 Å². The van der Waals surface area contributed by atoms with E-state index in [2.05, 4.69) is 81.5 Å². The monoisotopic (exact) mass is 711 g/mol. The first kappa shape index (κ1) is 47.8. The minimum absolute atomic E-state index is 0.106. The fourth-order valence-corrected chi connectivity index (χ4v) is 5.14. The second-order valence-corrected chi connectivity index (χ2v) is 13.2. The fourth-order valence-electron chi connectivity index (χ4n) is 5.14. The first-order valence-corrected chi connectivity index (χ1v) is 20.5. The van der Waals surface area contributed by atoms with Crippen LogP contribution in [0.2, 0.25) is 0 Å². The summed E-state index contributed by atoms with van der Waals surface area (Å²) in [6, 6.07) is 0. The lowest BCUT2D eigenvalue weighted by Gasteiger charge is -2.18. The Morgan fingerprint density at radius 3 is 1.29 bits per heavy atom. The van der Waals surface area contributed by atoms with E-state index in [4.69, 9.17) is 14.2 Å². The van der Waals surface area contributed by atoms with E-state index >= 15 is 0 Å². The van der Waals surface area contributed by atoms with Gasteiger partial charge in [-0.05, 0) is 51.4 Å². The number of hydrogen-bond donors (Lipinski definition) is 0. The van der Waals surface area contributed by atoms with Crippen LogP contribution in [0.4, 0.5) is 0 Å². The van der Waals surface area contributed by atoms with Gasteiger partial charge in [0.2, 0.25) is 0 Å². The molecule has 51 heavy (non-hydrogen) atoms. The van der Waals surface area contributed by atoms with Crippen LogP contribution in [-0.4, -0.2) is 37.2 Å². The van der Waals surface area contributed by atoms with Crippen molar-refractivity contribution >= 4 is 17.9 Å². The van der Waals surface area contributed by atoms with Crippen LogP contribution >= 0.6 is 0 Å². The Morgan fingerprint density at radius 1 is 0.412 bits per heavy atom. The van der Waals surface area contributed by atoms with Crippen molar-refractivity contribution in [2.45, 2.75) is 181 Å². The summed E-state index contributed by atoms with van der Waals surface area (Å²) >= 11 is 0. The molecule has 0 radical (unpaired) electrons. The zero-order chi connectivity index (χ0) is 37.3. The molecule has 0 bridgehead atoms. The molecule has 0 unspecified atom stereocenters. The van der Waals surface area contributed by atoms with E-state index < -0.39 is 12.1 Å². The average molecular weight is 711 g/mol. The predicted octanol–water partition coefficient (Wildman–Crippen LogP) is 12.7. The molecule has 0 saturated carbocycles. The molecule has 0 aliphatic rings. The smallest absolute Gasteiger partial charge is 0.306 e. The number of carbonyl (C=O) groups is 3. The summed E-state index contributed by atoms with van der Waals surface area (Å²) in [7, 11) is 0. The number of rotatable bonds is 35. The van der Waals surface area contributed by atoms with Gasteiger partial charge in [0.1, 0.15) is 13.2 Å². The third-order valence-electron chi connectivity index (χ3n) is 8.24. The highest BCUT2D eigenvalue weighted by molar-refractivity contribution is 5.71. The van der Waals surface area contributed by atoms with Gasteiger partial charge in [-0.25, -0.2) is 0 Å². The van der Waals surface area contributed by atoms with Gasteiger partial charge in [0, 0.05) is 19.3 Å². The van der Waals surface area contributed by atoms with Gasteiger partial charge in [-0.1, -0.05) is 177 Å². The molecule has 0 heterocycles. The third-order valence-corrected chi connectivity index (χ3v) is 8.24. The summed E-state index contributed by atoms with van der Waals surface area (Å²) in [5.74, 6) is -1.01. The maximum absolute atomic E-state index is 12.6. The van der Waals surface area contributed by atoms with Gasteiger partial charge >= 0.3 is 17.9 Å². The molecular weight excluding hydrogens is 636 g/mol. The number of hydrogen-bond acceptors (Lipinski definition) is 6. The summed E-state index contributed by atoms with van der Waals surface area (Å²) in [6.07, 6.45) is 47.8. The highest BCUT2D eigenvalue weighted by Gasteiger charge is 2.19. The van der Waals surface area contributed by atoms with Crippen LogP contribution in [-0.2, 0) is 28.6 Å². The normalized spacial score (nSPS) is 12.2. The minimum Gasteiger partial charge on any atom is -0.462 e. The SMILES string of the molecule is CCC/C=C/C=C/C/C=C/C/C=C/C/C=C/C/C=C/CCC(=O)OC(COC(=O)CCCCCCCCC)COC(=O)CCCCCCCCC. The van der Waals surface area contributed by atoms with Crippen molar-refractivity contribution in [2.24, 2.45) is 0 Å². The molecule has 0 fully saturated rings. The molecule has 0 aromatic rings. The Hall–Kier alpha value is -3.15. The van der Waals surface area contributed by atoms with E-state index in [0.717, 1.165) is 70.6 Å². The van der Waals surface area contributed by atoms with Crippen molar-refractivity contribution in [3.8, 4) is 0 Å². The highest BCUT2D eigenvalue weighted by atomic mass is 16.6. The quantitative estimate of drug-likeness (QED) is 0.0214. The molecular formula is C45H74O6. The molecule has 290 valence electrons. The molecule has 0 saturated heterocycles. The second kappa shape index (κ2) is 39.6. The maximum Gasteiger partial charge on any atom is 0.306 e. The van der Waals surface area contributed by atoms with Crippen molar-refractivity contribution in [3.05, 3.63) is 72.9 Å². The minimum atomic E-state index is -0.807. The van der Waals surface area contributed by atoms with Crippen LogP contribution in [0.25, 0.3) is 0 Å². The number of ether oxygens (including phenoxy) is 3. The van der Waals surface area contributed by atoms with Crippen molar-refractivity contribution in [2.75, 3.05) is 13.2 Å². The maximum atomic E-state index is 12.6. The predicted molar refractivity (Wildman–Crippen MR) is 214 cm³/mol. The Kier molecular flexibility index (Phi) is 37.2. The van der Waals surface area contributed by atoms with Gasteiger partial charge < -0.3 is 14.2 Å². The molecule has 0 N–H and O–H groups in total. The number of esters is 3. The molecule has 0 aromatic carbocycles. The van der Waals surface area contributed by atoms with Crippen molar-refractivity contribution in [3.63, 3.8) is 0 Å². The van der Waals surface area contributed by atoms with Gasteiger partial charge in [-0.3, -0.25) is 14.4 Å². The Morgan fingerprint density at radius 2 is 0.824 bits per heavy atom. The van der Waals surface area contributed by atoms with E-state index in [1.807, 2.05) is 12.2 Å². The molecule has 0 amide bonds. The lowest BCUT2D eigenvalue weighted by molar-refractivity contribution is -0.166. The standard InChI is InChI=1S/C45H74O6/c1-4-7-10-13-16-17-18-19-20-21-22-23-24-25-26-27-30-33-36-39-45(48)51-42(40-49-43(46)37-34-31-28-14-11-8-5-2)41-50-44(47)38-35-32-29-15-12-9-6-3/h10,13,16-17,19-20,22-23,25-26,30,33,42H,4-9,11-12,14-15,18,21,24,27-29,31-32,34-41H2,1-3H3/b13-10+,17-16+,20-19+,23-22+,26-25+,33-30+. The Bertz CT molecular complexity index is 968. The second-order valence-electron chi connectivity index (χ2n) is 13.2. The van der Waals surface area contributed by atoms with Gasteiger partial charge in [-0.15, -0.1) is 0 Å². The number of allylic oxidation sites excluding steroid dienone is 12. The zero-order valence-corrected chi connectivity index (χ0v) is 32.8. The van der Waals surface area contributed by atoms with Gasteiger partial charge in [0.05, 0.1) is 0 Å². The summed E-state index contributed by atoms with van der Waals surface area (Å²) in [5.41, 5.74) is 0. The molecule has 6 heteroatoms. The molecule has 0 rings (SSSR count). The zero-order valence-electron chi connectivity index (χ0n) is 32.8. The van der Waals surface area contributed by atoms with Gasteiger partial charge in [0.15, 0.2) is 6.10 Å². The third kappa shape index (κ3) is 37.9. The highest BCUT2D eigenvalue weighted by Crippen LogP contribution is 2.11. The molecule has 0 aromatic heterocycles. The largest absolute Gasteiger partial charge is 0.462 e. The topological polar surface area (TPSA) is 78.9 Å². The lowest BCUT2D eigenvalue weighted by Crippen LogP contribution is -2.30. The van der Waals surface area contributed by atoms with Crippen molar-refractivity contribution < 1.29 is 28.6 Å². The summed E-state index contributed by atoms with van der Waals surface area (Å²) < 4.78 is 16.5. The molecule has 0 aliphatic carbocycles. The van der Waals surface area contributed by atoms with Crippen LogP contribution in [0.1, 0.15) is 175 Å². The Balaban J connectivity index is 4.44. The first-order chi connectivity index (χ1) is 25.0.